The average Bonchev–Trinajstić information content (AvgIpc) is 2.02. The fraction of sp³-hybridized carbons (Fsp3) is 0.250. The summed E-state index contributed by atoms with van der Waals surface area (Å²) in [5.74, 6) is 0. The Bertz CT molecular complexity index is 268. The van der Waals surface area contributed by atoms with E-state index in [1.165, 1.54) is 0 Å². The van der Waals surface area contributed by atoms with E-state index in [1.807, 2.05) is 0 Å². The molecule has 0 unspecified atom stereocenters. The minimum atomic E-state index is -4.65. The maximum absolute atomic E-state index is 11.9. The van der Waals surface area contributed by atoms with Gasteiger partial charge in [0.2, 0.25) is 0 Å². The summed E-state index contributed by atoms with van der Waals surface area (Å²) in [6, 6.07) is 6.90. The average molecular weight is 252 g/mol. The van der Waals surface area contributed by atoms with Crippen molar-refractivity contribution in [3.05, 3.63) is 34.3 Å². The number of rotatable bonds is 3. The monoisotopic (exact) mass is 251 g/mol. The zero-order chi connectivity index (χ0) is 9.90. The van der Waals surface area contributed by atoms with Gasteiger partial charge in [0.15, 0.2) is 0 Å². The second-order valence-corrected chi connectivity index (χ2v) is 3.79. The molecule has 0 heterocycles. The number of hydrogen-bond donors (Lipinski definition) is 0. The first-order valence-electron chi connectivity index (χ1n) is 3.93. The van der Waals surface area contributed by atoms with Crippen LogP contribution < -0.4 is 0 Å². The van der Waals surface area contributed by atoms with Crippen LogP contribution in [-0.2, 0) is 6.42 Å². The van der Waals surface area contributed by atoms with Crippen LogP contribution in [-0.4, -0.2) is 6.98 Å². The third-order valence-electron chi connectivity index (χ3n) is 1.67. The van der Waals surface area contributed by atoms with Gasteiger partial charge in [-0.1, -0.05) is 46.4 Å². The highest BCUT2D eigenvalue weighted by Crippen LogP contribution is 2.19. The molecule has 0 radical (unpaired) electrons. The Balaban J connectivity index is 2.51. The highest BCUT2D eigenvalue weighted by atomic mass is 79.9. The van der Waals surface area contributed by atoms with E-state index < -0.39 is 13.3 Å². The van der Waals surface area contributed by atoms with Crippen molar-refractivity contribution in [3.63, 3.8) is 0 Å². The van der Waals surface area contributed by atoms with E-state index in [0.717, 1.165) is 10.0 Å². The third kappa shape index (κ3) is 4.36. The maximum Gasteiger partial charge on any atom is 0.478 e. The molecule has 1 aromatic rings. The standard InChI is InChI=1S/C8H8BBrF3/c10-8-3-1-7(2-4-8)5-6-9(11,12)13/h1-4H,5-6H2/q-1. The SMILES string of the molecule is F[B-](F)(F)CCc1ccc(Br)cc1. The minimum Gasteiger partial charge on any atom is -0.449 e. The molecule has 5 heteroatoms. The number of hydrogen-bond acceptors (Lipinski definition) is 0. The maximum atomic E-state index is 11.9. The molecule has 0 fully saturated rings. The lowest BCUT2D eigenvalue weighted by Gasteiger charge is -2.12. The molecule has 0 bridgehead atoms. The molecule has 0 N–H and O–H groups in total. The molecule has 0 aliphatic rings. The molecule has 0 saturated heterocycles. The molecule has 13 heavy (non-hydrogen) atoms. The summed E-state index contributed by atoms with van der Waals surface area (Å²) >= 11 is 3.22. The molecule has 0 spiro atoms. The fourth-order valence-electron chi connectivity index (χ4n) is 0.981. The molecule has 0 nitrogen and oxygen atoms in total. The van der Waals surface area contributed by atoms with Crippen LogP contribution in [0.2, 0.25) is 6.32 Å². The van der Waals surface area contributed by atoms with Crippen LogP contribution in [0.5, 0.6) is 0 Å². The summed E-state index contributed by atoms with van der Waals surface area (Å²) in [6.07, 6.45) is -0.613. The lowest BCUT2D eigenvalue weighted by Crippen LogP contribution is -2.14. The van der Waals surface area contributed by atoms with Gasteiger partial charge in [-0.25, -0.2) is 0 Å². The third-order valence-corrected chi connectivity index (χ3v) is 2.20. The molecule has 1 aromatic carbocycles. The molecule has 0 aromatic heterocycles. The van der Waals surface area contributed by atoms with Crippen molar-refractivity contribution >= 4 is 22.9 Å². The molecule has 0 aliphatic heterocycles. The van der Waals surface area contributed by atoms with Crippen LogP contribution in [0.4, 0.5) is 12.9 Å². The predicted molar refractivity (Wildman–Crippen MR) is 51.7 cm³/mol. The van der Waals surface area contributed by atoms with Gasteiger partial charge < -0.3 is 12.9 Å². The normalized spacial score (nSPS) is 11.7. The smallest absolute Gasteiger partial charge is 0.449 e. The van der Waals surface area contributed by atoms with E-state index in [1.54, 1.807) is 24.3 Å². The molecular formula is C8H8BBrF3-. The molecular weight excluding hydrogens is 244 g/mol. The zero-order valence-electron chi connectivity index (χ0n) is 6.81. The van der Waals surface area contributed by atoms with Crippen molar-refractivity contribution in [2.45, 2.75) is 12.7 Å². The Morgan fingerprint density at radius 3 is 2.08 bits per heavy atom. The largest absolute Gasteiger partial charge is 0.478 e. The van der Waals surface area contributed by atoms with Gasteiger partial charge in [0.25, 0.3) is 0 Å². The van der Waals surface area contributed by atoms with Crippen LogP contribution in [0.15, 0.2) is 28.7 Å². The highest BCUT2D eigenvalue weighted by molar-refractivity contribution is 9.10. The van der Waals surface area contributed by atoms with Crippen molar-refractivity contribution < 1.29 is 12.9 Å². The molecule has 72 valence electrons. The summed E-state index contributed by atoms with van der Waals surface area (Å²) in [7, 11) is 0. The Labute approximate surface area is 83.3 Å². The second kappa shape index (κ2) is 4.18. The Hall–Kier alpha value is -0.445. The number of halogens is 4. The topological polar surface area (TPSA) is 0 Å². The van der Waals surface area contributed by atoms with Crippen molar-refractivity contribution in [3.8, 4) is 0 Å². The first kappa shape index (κ1) is 10.6. The summed E-state index contributed by atoms with van der Waals surface area (Å²) in [4.78, 5) is 0. The quantitative estimate of drug-likeness (QED) is 0.717. The van der Waals surface area contributed by atoms with Crippen LogP contribution in [0.1, 0.15) is 5.56 Å². The van der Waals surface area contributed by atoms with Crippen molar-refractivity contribution in [1.29, 1.82) is 0 Å². The van der Waals surface area contributed by atoms with Crippen LogP contribution >= 0.6 is 15.9 Å². The number of benzene rings is 1. The Morgan fingerprint density at radius 2 is 1.62 bits per heavy atom. The molecule has 0 atom stereocenters. The minimum absolute atomic E-state index is 0.0801. The van der Waals surface area contributed by atoms with Gasteiger partial charge in [0.1, 0.15) is 0 Å². The molecule has 1 rings (SSSR count). The predicted octanol–water partition coefficient (Wildman–Crippen LogP) is 3.84. The molecule has 0 saturated carbocycles. The van der Waals surface area contributed by atoms with Gasteiger partial charge in [-0.3, -0.25) is 0 Å². The summed E-state index contributed by atoms with van der Waals surface area (Å²) < 4.78 is 36.5. The lowest BCUT2D eigenvalue weighted by atomic mass is 9.83. The zero-order valence-corrected chi connectivity index (χ0v) is 8.40. The molecule has 0 aliphatic carbocycles. The second-order valence-electron chi connectivity index (χ2n) is 2.88. The first-order chi connectivity index (χ1) is 5.97. The van der Waals surface area contributed by atoms with E-state index >= 15 is 0 Å². The highest BCUT2D eigenvalue weighted by Gasteiger charge is 2.21. The van der Waals surface area contributed by atoms with E-state index in [0.29, 0.717) is 0 Å². The summed E-state index contributed by atoms with van der Waals surface area (Å²) in [5, 5.41) is 0. The first-order valence-corrected chi connectivity index (χ1v) is 4.72. The number of aryl methyl sites for hydroxylation is 1. The summed E-state index contributed by atoms with van der Waals surface area (Å²) in [5.41, 5.74) is 0.724. The van der Waals surface area contributed by atoms with E-state index in [4.69, 9.17) is 0 Å². The van der Waals surface area contributed by atoms with Crippen molar-refractivity contribution in [2.75, 3.05) is 0 Å². The van der Waals surface area contributed by atoms with Gasteiger partial charge >= 0.3 is 6.98 Å². The fourth-order valence-corrected chi connectivity index (χ4v) is 1.25. The summed E-state index contributed by atoms with van der Waals surface area (Å²) in [6.45, 7) is -4.65. The molecule has 0 amide bonds. The lowest BCUT2D eigenvalue weighted by molar-refractivity contribution is 0.467. The Morgan fingerprint density at radius 1 is 1.08 bits per heavy atom. The van der Waals surface area contributed by atoms with Crippen LogP contribution in [0.3, 0.4) is 0 Å². The van der Waals surface area contributed by atoms with Gasteiger partial charge in [0.05, 0.1) is 0 Å². The van der Waals surface area contributed by atoms with Crippen LogP contribution in [0, 0.1) is 0 Å². The van der Waals surface area contributed by atoms with E-state index in [2.05, 4.69) is 15.9 Å². The Kier molecular flexibility index (Phi) is 3.42. The van der Waals surface area contributed by atoms with E-state index in [-0.39, 0.29) is 6.42 Å². The van der Waals surface area contributed by atoms with Gasteiger partial charge in [-0.05, 0) is 12.1 Å². The van der Waals surface area contributed by atoms with Gasteiger partial charge in [-0.2, -0.15) is 0 Å². The van der Waals surface area contributed by atoms with Gasteiger partial charge in [0, 0.05) is 4.47 Å². The van der Waals surface area contributed by atoms with Crippen LogP contribution in [0.25, 0.3) is 0 Å². The van der Waals surface area contributed by atoms with Crippen molar-refractivity contribution in [2.24, 2.45) is 0 Å². The van der Waals surface area contributed by atoms with E-state index in [9.17, 15) is 12.9 Å². The van der Waals surface area contributed by atoms with Crippen molar-refractivity contribution in [1.82, 2.24) is 0 Å². The van der Waals surface area contributed by atoms with Gasteiger partial charge in [-0.15, -0.1) is 0 Å².